The number of amides is 1. The summed E-state index contributed by atoms with van der Waals surface area (Å²) in [5.41, 5.74) is 1.70. The van der Waals surface area contributed by atoms with Crippen LogP contribution in [-0.4, -0.2) is 27.2 Å². The minimum absolute atomic E-state index is 0.0677. The van der Waals surface area contributed by atoms with E-state index in [1.54, 1.807) is 6.07 Å². The van der Waals surface area contributed by atoms with Crippen LogP contribution < -0.4 is 10.9 Å². The lowest BCUT2D eigenvalue weighted by Crippen LogP contribution is -2.25. The van der Waals surface area contributed by atoms with Crippen LogP contribution >= 0.6 is 11.6 Å². The van der Waals surface area contributed by atoms with E-state index in [4.69, 9.17) is 11.6 Å². The molecule has 0 fully saturated rings. The van der Waals surface area contributed by atoms with Gasteiger partial charge in [-0.3, -0.25) is 9.59 Å². The Hall–Kier alpha value is -2.73. The van der Waals surface area contributed by atoms with Crippen LogP contribution in [0, 0.1) is 0 Å². The zero-order valence-electron chi connectivity index (χ0n) is 15.3. The molecule has 7 heteroatoms. The van der Waals surface area contributed by atoms with Gasteiger partial charge in [0.25, 0.3) is 11.5 Å². The van der Waals surface area contributed by atoms with E-state index in [9.17, 15) is 9.59 Å². The fourth-order valence-electron chi connectivity index (χ4n) is 2.88. The van der Waals surface area contributed by atoms with Crippen molar-refractivity contribution in [3.05, 3.63) is 57.6 Å². The fraction of sp³-hybridized carbons (Fsp3) is 0.300. The number of para-hydroxylation sites is 1. The van der Waals surface area contributed by atoms with Gasteiger partial charge in [0.1, 0.15) is 10.7 Å². The standard InChI is InChI=1S/C20H21ClN4O2/c1-3-4-7-10-22-19(26)17-11-14(13-8-5-6-9-16(13)24-17)15-12-23-25(2)20(27)18(15)21/h5-6,8-9,11-12H,3-4,7,10H2,1-2H3,(H,22,26). The molecular weight excluding hydrogens is 364 g/mol. The van der Waals surface area contributed by atoms with Crippen LogP contribution in [0.15, 0.2) is 41.3 Å². The Morgan fingerprint density at radius 1 is 1.22 bits per heavy atom. The molecule has 0 aliphatic rings. The van der Waals surface area contributed by atoms with Gasteiger partial charge in [-0.25, -0.2) is 9.67 Å². The van der Waals surface area contributed by atoms with E-state index in [1.807, 2.05) is 24.3 Å². The molecule has 2 heterocycles. The molecule has 1 N–H and O–H groups in total. The van der Waals surface area contributed by atoms with Gasteiger partial charge in [-0.1, -0.05) is 49.6 Å². The first kappa shape index (κ1) is 19.0. The highest BCUT2D eigenvalue weighted by atomic mass is 35.5. The van der Waals surface area contributed by atoms with Crippen molar-refractivity contribution < 1.29 is 4.79 Å². The van der Waals surface area contributed by atoms with Gasteiger partial charge in [-0.15, -0.1) is 0 Å². The maximum Gasteiger partial charge on any atom is 0.285 e. The molecule has 3 aromatic rings. The van der Waals surface area contributed by atoms with Gasteiger partial charge in [0.15, 0.2) is 0 Å². The van der Waals surface area contributed by atoms with Crippen LogP contribution in [0.25, 0.3) is 22.0 Å². The normalized spacial score (nSPS) is 10.9. The number of hydrogen-bond acceptors (Lipinski definition) is 4. The highest BCUT2D eigenvalue weighted by molar-refractivity contribution is 6.33. The second-order valence-corrected chi connectivity index (χ2v) is 6.71. The molecule has 27 heavy (non-hydrogen) atoms. The predicted octanol–water partition coefficient (Wildman–Crippen LogP) is 3.57. The molecule has 0 aliphatic carbocycles. The number of unbranched alkanes of at least 4 members (excludes halogenated alkanes) is 2. The van der Waals surface area contributed by atoms with Gasteiger partial charge in [0.05, 0.1) is 11.7 Å². The number of fused-ring (bicyclic) bond motifs is 1. The molecule has 0 radical (unpaired) electrons. The van der Waals surface area contributed by atoms with Crippen molar-refractivity contribution in [1.29, 1.82) is 0 Å². The molecule has 0 aliphatic heterocycles. The van der Waals surface area contributed by atoms with Crippen molar-refractivity contribution in [2.75, 3.05) is 6.54 Å². The number of nitrogens with zero attached hydrogens (tertiary/aromatic N) is 3. The summed E-state index contributed by atoms with van der Waals surface area (Å²) in [6.45, 7) is 2.71. The third-order valence-electron chi connectivity index (χ3n) is 4.38. The summed E-state index contributed by atoms with van der Waals surface area (Å²) in [7, 11) is 1.54. The molecule has 140 valence electrons. The molecule has 3 rings (SSSR count). The summed E-state index contributed by atoms with van der Waals surface area (Å²) in [5.74, 6) is -0.244. The number of nitrogens with one attached hydrogen (secondary N) is 1. The third-order valence-corrected chi connectivity index (χ3v) is 4.75. The van der Waals surface area contributed by atoms with E-state index in [1.165, 1.54) is 17.9 Å². The van der Waals surface area contributed by atoms with E-state index in [-0.39, 0.29) is 22.2 Å². The minimum atomic E-state index is -0.388. The molecule has 0 saturated carbocycles. The lowest BCUT2D eigenvalue weighted by molar-refractivity contribution is 0.0948. The highest BCUT2D eigenvalue weighted by Crippen LogP contribution is 2.31. The number of carbonyl (C=O) groups is 1. The molecule has 1 amide bonds. The molecule has 0 bridgehead atoms. The monoisotopic (exact) mass is 384 g/mol. The lowest BCUT2D eigenvalue weighted by Gasteiger charge is -2.11. The van der Waals surface area contributed by atoms with Gasteiger partial charge in [0.2, 0.25) is 0 Å². The number of aromatic nitrogens is 3. The molecule has 0 atom stereocenters. The van der Waals surface area contributed by atoms with E-state index in [0.29, 0.717) is 23.2 Å². The summed E-state index contributed by atoms with van der Waals surface area (Å²) in [6.07, 6.45) is 4.61. The second kappa shape index (κ2) is 8.31. The van der Waals surface area contributed by atoms with E-state index < -0.39 is 0 Å². The number of carbonyl (C=O) groups excluding carboxylic acids is 1. The molecule has 0 unspecified atom stereocenters. The first-order valence-corrected chi connectivity index (χ1v) is 9.31. The number of halogens is 1. The second-order valence-electron chi connectivity index (χ2n) is 6.34. The smallest absolute Gasteiger partial charge is 0.285 e. The van der Waals surface area contributed by atoms with Crippen molar-refractivity contribution in [1.82, 2.24) is 20.1 Å². The first-order chi connectivity index (χ1) is 13.0. The number of pyridine rings is 1. The van der Waals surface area contributed by atoms with Gasteiger partial charge in [-0.2, -0.15) is 5.10 Å². The predicted molar refractivity (Wildman–Crippen MR) is 107 cm³/mol. The van der Waals surface area contributed by atoms with Crippen LogP contribution in [0.2, 0.25) is 5.02 Å². The number of benzene rings is 1. The summed E-state index contributed by atoms with van der Waals surface area (Å²) >= 11 is 6.29. The Bertz CT molecular complexity index is 1050. The molecule has 0 saturated heterocycles. The minimum Gasteiger partial charge on any atom is -0.351 e. The maximum absolute atomic E-state index is 12.6. The number of rotatable bonds is 6. The van der Waals surface area contributed by atoms with Crippen LogP contribution in [-0.2, 0) is 7.05 Å². The largest absolute Gasteiger partial charge is 0.351 e. The third kappa shape index (κ3) is 4.01. The van der Waals surface area contributed by atoms with Crippen molar-refractivity contribution in [3.63, 3.8) is 0 Å². The number of aryl methyl sites for hydroxylation is 1. The Morgan fingerprint density at radius 3 is 2.78 bits per heavy atom. The quantitative estimate of drug-likeness (QED) is 0.659. The van der Waals surface area contributed by atoms with Crippen molar-refractivity contribution in [3.8, 4) is 11.1 Å². The average Bonchev–Trinajstić information content (AvgIpc) is 2.69. The molecule has 6 nitrogen and oxygen atoms in total. The van der Waals surface area contributed by atoms with Gasteiger partial charge >= 0.3 is 0 Å². The molecule has 1 aromatic carbocycles. The maximum atomic E-state index is 12.6. The van der Waals surface area contributed by atoms with Crippen LogP contribution in [0.3, 0.4) is 0 Å². The van der Waals surface area contributed by atoms with E-state index in [0.717, 1.165) is 24.6 Å². The SMILES string of the molecule is CCCCCNC(=O)c1cc(-c2cnn(C)c(=O)c2Cl)c2ccccc2n1. The average molecular weight is 385 g/mol. The fourth-order valence-corrected chi connectivity index (χ4v) is 3.15. The summed E-state index contributed by atoms with van der Waals surface area (Å²) in [6, 6.07) is 9.11. The van der Waals surface area contributed by atoms with Crippen LogP contribution in [0.5, 0.6) is 0 Å². The molecular formula is C20H21ClN4O2. The summed E-state index contributed by atoms with van der Waals surface area (Å²) < 4.78 is 1.18. The molecule has 0 spiro atoms. The zero-order valence-corrected chi connectivity index (χ0v) is 16.1. The number of hydrogen-bond donors (Lipinski definition) is 1. The first-order valence-electron chi connectivity index (χ1n) is 8.93. The molecule has 2 aromatic heterocycles. The Morgan fingerprint density at radius 2 is 2.00 bits per heavy atom. The van der Waals surface area contributed by atoms with Crippen molar-refractivity contribution in [2.45, 2.75) is 26.2 Å². The topological polar surface area (TPSA) is 76.9 Å². The summed E-state index contributed by atoms with van der Waals surface area (Å²) in [5, 5.41) is 7.83. The lowest BCUT2D eigenvalue weighted by atomic mass is 10.0. The highest BCUT2D eigenvalue weighted by Gasteiger charge is 2.17. The van der Waals surface area contributed by atoms with Crippen molar-refractivity contribution in [2.24, 2.45) is 7.05 Å². The van der Waals surface area contributed by atoms with Crippen LogP contribution in [0.4, 0.5) is 0 Å². The van der Waals surface area contributed by atoms with E-state index in [2.05, 4.69) is 22.3 Å². The summed E-state index contributed by atoms with van der Waals surface area (Å²) in [4.78, 5) is 29.2. The van der Waals surface area contributed by atoms with Gasteiger partial charge in [-0.05, 0) is 24.1 Å². The Labute approximate surface area is 162 Å². The van der Waals surface area contributed by atoms with E-state index >= 15 is 0 Å². The Kier molecular flexibility index (Phi) is 5.86. The van der Waals surface area contributed by atoms with Crippen LogP contribution in [0.1, 0.15) is 36.7 Å². The zero-order chi connectivity index (χ0) is 19.4. The Balaban J connectivity index is 2.08. The van der Waals surface area contributed by atoms with Crippen molar-refractivity contribution >= 4 is 28.4 Å². The van der Waals surface area contributed by atoms with Gasteiger partial charge in [0, 0.05) is 24.5 Å². The van der Waals surface area contributed by atoms with Gasteiger partial charge < -0.3 is 5.32 Å².